The van der Waals surface area contributed by atoms with Gasteiger partial charge in [0.15, 0.2) is 5.78 Å². The van der Waals surface area contributed by atoms with E-state index in [0.717, 1.165) is 44.2 Å². The third-order valence-electron chi connectivity index (χ3n) is 5.30. The van der Waals surface area contributed by atoms with E-state index < -0.39 is 0 Å². The zero-order valence-electron chi connectivity index (χ0n) is 17.4. The number of allylic oxidation sites excluding steroid dienone is 1. The zero-order chi connectivity index (χ0) is 21.0. The van der Waals surface area contributed by atoms with Crippen molar-refractivity contribution in [3.63, 3.8) is 0 Å². The van der Waals surface area contributed by atoms with Crippen molar-refractivity contribution < 1.29 is 14.9 Å². The van der Waals surface area contributed by atoms with Crippen LogP contribution in [-0.2, 0) is 22.6 Å². The molecule has 0 saturated carbocycles. The van der Waals surface area contributed by atoms with Gasteiger partial charge in [-0.05, 0) is 48.3 Å². The Kier molecular flexibility index (Phi) is 8.81. The smallest absolute Gasteiger partial charge is 0.155 e. The number of rotatable bonds is 13. The molecule has 0 atom stereocenters. The number of nitrogens with zero attached hydrogens (tertiary/aromatic N) is 2. The lowest BCUT2D eigenvalue weighted by Gasteiger charge is -2.05. The molecule has 3 aromatic rings. The van der Waals surface area contributed by atoms with Crippen molar-refractivity contribution in [2.24, 2.45) is 0 Å². The Bertz CT molecular complexity index is 947. The highest BCUT2D eigenvalue weighted by Crippen LogP contribution is 2.22. The minimum absolute atomic E-state index is 0.178. The van der Waals surface area contributed by atoms with Gasteiger partial charge in [0.05, 0.1) is 6.61 Å². The van der Waals surface area contributed by atoms with E-state index >= 15 is 0 Å². The summed E-state index contributed by atoms with van der Waals surface area (Å²) in [5.74, 6) is 0.178. The summed E-state index contributed by atoms with van der Waals surface area (Å²) < 4.78 is 2.30. The quantitative estimate of drug-likeness (QED) is 0.171. The van der Waals surface area contributed by atoms with Crippen LogP contribution in [0, 0.1) is 0 Å². The Morgan fingerprint density at radius 1 is 1.07 bits per heavy atom. The number of pyridine rings is 1. The minimum atomic E-state index is 0.178. The second kappa shape index (κ2) is 12.1. The third kappa shape index (κ3) is 6.65. The van der Waals surface area contributed by atoms with Gasteiger partial charge >= 0.3 is 0 Å². The summed E-state index contributed by atoms with van der Waals surface area (Å²) in [6.07, 6.45) is 15.9. The average Bonchev–Trinajstić information content (AvgIpc) is 3.14. The van der Waals surface area contributed by atoms with Crippen molar-refractivity contribution >= 4 is 22.8 Å². The molecular formula is C25H30N2O3. The Morgan fingerprint density at radius 3 is 2.73 bits per heavy atom. The molecular weight excluding hydrogens is 376 g/mol. The van der Waals surface area contributed by atoms with Gasteiger partial charge in [-0.3, -0.25) is 15.0 Å². The maximum atomic E-state index is 12.0. The van der Waals surface area contributed by atoms with Gasteiger partial charge in [-0.1, -0.05) is 43.5 Å². The fourth-order valence-electron chi connectivity index (χ4n) is 3.72. The summed E-state index contributed by atoms with van der Waals surface area (Å²) >= 11 is 0. The first-order valence-corrected chi connectivity index (χ1v) is 10.7. The SMILES string of the molecule is O=C(/C=C/c1cccnc1)CCCCCCCn1cc(CCOO)c2ccccc21. The molecule has 0 fully saturated rings. The van der Waals surface area contributed by atoms with E-state index in [-0.39, 0.29) is 5.78 Å². The summed E-state index contributed by atoms with van der Waals surface area (Å²) in [6, 6.07) is 12.2. The summed E-state index contributed by atoms with van der Waals surface area (Å²) in [5, 5.41) is 9.86. The molecule has 1 N–H and O–H groups in total. The highest BCUT2D eigenvalue weighted by atomic mass is 17.1. The number of aromatic nitrogens is 2. The van der Waals surface area contributed by atoms with Crippen LogP contribution in [0.4, 0.5) is 0 Å². The average molecular weight is 407 g/mol. The molecule has 1 aromatic carbocycles. The number of unbranched alkanes of at least 4 members (excludes halogenated alkanes) is 4. The second-order valence-electron chi connectivity index (χ2n) is 7.55. The number of benzene rings is 1. The van der Waals surface area contributed by atoms with Gasteiger partial charge in [-0.15, -0.1) is 0 Å². The predicted molar refractivity (Wildman–Crippen MR) is 120 cm³/mol. The number of hydrogen-bond donors (Lipinski definition) is 1. The van der Waals surface area contributed by atoms with Crippen LogP contribution in [0.1, 0.15) is 49.7 Å². The summed E-state index contributed by atoms with van der Waals surface area (Å²) in [5.41, 5.74) is 3.39. The van der Waals surface area contributed by atoms with Gasteiger partial charge in [0.25, 0.3) is 0 Å². The second-order valence-corrected chi connectivity index (χ2v) is 7.55. The van der Waals surface area contributed by atoms with Crippen molar-refractivity contribution in [1.82, 2.24) is 9.55 Å². The minimum Gasteiger partial charge on any atom is -0.347 e. The highest BCUT2D eigenvalue weighted by molar-refractivity contribution is 5.93. The van der Waals surface area contributed by atoms with Crippen LogP contribution < -0.4 is 0 Å². The Balaban J connectivity index is 1.35. The number of fused-ring (bicyclic) bond motifs is 1. The number of carbonyl (C=O) groups is 1. The fraction of sp³-hybridized carbons (Fsp3) is 0.360. The van der Waals surface area contributed by atoms with Crippen LogP contribution in [-0.4, -0.2) is 27.2 Å². The van der Waals surface area contributed by atoms with Gasteiger partial charge in [0, 0.05) is 48.9 Å². The molecule has 0 saturated heterocycles. The molecule has 0 radical (unpaired) electrons. The first kappa shape index (κ1) is 21.9. The van der Waals surface area contributed by atoms with E-state index in [9.17, 15) is 4.79 Å². The molecule has 30 heavy (non-hydrogen) atoms. The standard InChI is InChI=1S/C25H30N2O3/c28-23(14-13-21-9-8-16-26-19-21)10-4-2-1-3-7-17-27-20-22(15-18-30-29)24-11-5-6-12-25(24)27/h5-6,8-9,11-14,16,19-20,29H,1-4,7,10,15,17-18H2/b14-13+. The van der Waals surface area contributed by atoms with Crippen molar-refractivity contribution in [3.05, 3.63) is 72.2 Å². The monoisotopic (exact) mass is 406 g/mol. The van der Waals surface area contributed by atoms with Gasteiger partial charge < -0.3 is 4.57 Å². The van der Waals surface area contributed by atoms with Gasteiger partial charge in [0.2, 0.25) is 0 Å². The normalized spacial score (nSPS) is 11.5. The van der Waals surface area contributed by atoms with E-state index in [1.54, 1.807) is 18.5 Å². The van der Waals surface area contributed by atoms with Crippen molar-refractivity contribution in [2.45, 2.75) is 51.5 Å². The maximum Gasteiger partial charge on any atom is 0.155 e. The topological polar surface area (TPSA) is 64.4 Å². The maximum absolute atomic E-state index is 12.0. The molecule has 0 unspecified atom stereocenters. The number of para-hydroxylation sites is 1. The van der Waals surface area contributed by atoms with Crippen molar-refractivity contribution in [1.29, 1.82) is 0 Å². The Morgan fingerprint density at radius 2 is 1.90 bits per heavy atom. The Labute approximate surface area is 177 Å². The number of aryl methyl sites for hydroxylation is 1. The summed E-state index contributed by atoms with van der Waals surface area (Å²) in [7, 11) is 0. The summed E-state index contributed by atoms with van der Waals surface area (Å²) in [6.45, 7) is 1.29. The van der Waals surface area contributed by atoms with Crippen LogP contribution in [0.5, 0.6) is 0 Å². The fourth-order valence-corrected chi connectivity index (χ4v) is 3.72. The molecule has 2 heterocycles. The van der Waals surface area contributed by atoms with E-state index in [0.29, 0.717) is 19.4 Å². The number of ketones is 1. The molecule has 5 nitrogen and oxygen atoms in total. The molecule has 0 aliphatic heterocycles. The lowest BCUT2D eigenvalue weighted by molar-refractivity contribution is -0.241. The lowest BCUT2D eigenvalue weighted by Crippen LogP contribution is -1.97. The number of hydrogen-bond acceptors (Lipinski definition) is 4. The molecule has 0 aliphatic carbocycles. The molecule has 5 heteroatoms. The number of carbonyl (C=O) groups excluding carboxylic acids is 1. The Hall–Kier alpha value is -2.76. The van der Waals surface area contributed by atoms with Crippen LogP contribution in [0.15, 0.2) is 61.1 Å². The van der Waals surface area contributed by atoms with E-state index in [4.69, 9.17) is 5.26 Å². The highest BCUT2D eigenvalue weighted by Gasteiger charge is 2.08. The van der Waals surface area contributed by atoms with Gasteiger partial charge in [-0.2, -0.15) is 0 Å². The largest absolute Gasteiger partial charge is 0.347 e. The molecule has 0 bridgehead atoms. The van der Waals surface area contributed by atoms with E-state index in [1.165, 1.54) is 16.5 Å². The van der Waals surface area contributed by atoms with Crippen LogP contribution >= 0.6 is 0 Å². The molecule has 0 amide bonds. The van der Waals surface area contributed by atoms with E-state index in [2.05, 4.69) is 38.8 Å². The lowest BCUT2D eigenvalue weighted by atomic mass is 10.1. The van der Waals surface area contributed by atoms with Crippen molar-refractivity contribution in [2.75, 3.05) is 6.61 Å². The molecule has 3 rings (SSSR count). The van der Waals surface area contributed by atoms with Crippen molar-refractivity contribution in [3.8, 4) is 0 Å². The predicted octanol–water partition coefficient (Wildman–Crippen LogP) is 5.69. The van der Waals surface area contributed by atoms with E-state index in [1.807, 2.05) is 24.3 Å². The van der Waals surface area contributed by atoms with Crippen LogP contribution in [0.2, 0.25) is 0 Å². The molecule has 158 valence electrons. The molecule has 0 aliphatic rings. The first-order chi connectivity index (χ1) is 14.8. The van der Waals surface area contributed by atoms with Gasteiger partial charge in [0.1, 0.15) is 0 Å². The molecule has 2 aromatic heterocycles. The zero-order valence-corrected chi connectivity index (χ0v) is 17.4. The summed E-state index contributed by atoms with van der Waals surface area (Å²) in [4.78, 5) is 20.3. The third-order valence-corrected chi connectivity index (χ3v) is 5.30. The van der Waals surface area contributed by atoms with Crippen LogP contribution in [0.3, 0.4) is 0 Å². The van der Waals surface area contributed by atoms with Gasteiger partial charge in [-0.25, -0.2) is 4.89 Å². The first-order valence-electron chi connectivity index (χ1n) is 10.7. The molecule has 0 spiro atoms. The van der Waals surface area contributed by atoms with Crippen LogP contribution in [0.25, 0.3) is 17.0 Å².